The van der Waals surface area contributed by atoms with Crippen molar-refractivity contribution in [1.29, 1.82) is 0 Å². The van der Waals surface area contributed by atoms with Gasteiger partial charge in [-0.05, 0) is 12.1 Å². The maximum Gasteiger partial charge on any atom is 0.361 e. The number of halogens is 1. The SMILES string of the molecule is COC(=O)c1nc(N)sc1Oc1cccc(F)c1. The van der Waals surface area contributed by atoms with Crippen LogP contribution in [0, 0.1) is 5.82 Å². The van der Waals surface area contributed by atoms with Gasteiger partial charge in [0.1, 0.15) is 11.6 Å². The molecule has 0 aliphatic heterocycles. The Balaban J connectivity index is 2.31. The van der Waals surface area contributed by atoms with Gasteiger partial charge in [0, 0.05) is 6.07 Å². The first kappa shape index (κ1) is 12.3. The van der Waals surface area contributed by atoms with Crippen LogP contribution in [-0.4, -0.2) is 18.1 Å². The van der Waals surface area contributed by atoms with Crippen LogP contribution in [0.2, 0.25) is 0 Å². The molecule has 1 aromatic heterocycles. The molecule has 0 radical (unpaired) electrons. The summed E-state index contributed by atoms with van der Waals surface area (Å²) >= 11 is 0.980. The molecule has 0 atom stereocenters. The van der Waals surface area contributed by atoms with E-state index in [1.165, 1.54) is 25.3 Å². The minimum absolute atomic E-state index is 0.0238. The van der Waals surface area contributed by atoms with Gasteiger partial charge in [-0.3, -0.25) is 0 Å². The summed E-state index contributed by atoms with van der Waals surface area (Å²) in [7, 11) is 1.23. The van der Waals surface area contributed by atoms with E-state index in [-0.39, 0.29) is 21.6 Å². The van der Waals surface area contributed by atoms with Gasteiger partial charge in [-0.2, -0.15) is 0 Å². The topological polar surface area (TPSA) is 74.4 Å². The third-order valence-electron chi connectivity index (χ3n) is 2.00. The molecule has 2 aromatic rings. The largest absolute Gasteiger partial charge is 0.464 e. The van der Waals surface area contributed by atoms with E-state index in [0.717, 1.165) is 11.3 Å². The van der Waals surface area contributed by atoms with Crippen molar-refractivity contribution in [3.05, 3.63) is 35.8 Å². The molecule has 1 aromatic carbocycles. The average molecular weight is 268 g/mol. The lowest BCUT2D eigenvalue weighted by atomic mass is 10.3. The highest BCUT2D eigenvalue weighted by Gasteiger charge is 2.20. The van der Waals surface area contributed by atoms with Gasteiger partial charge in [0.2, 0.25) is 10.8 Å². The number of hydrogen-bond acceptors (Lipinski definition) is 6. The fourth-order valence-corrected chi connectivity index (χ4v) is 1.94. The molecule has 0 amide bonds. The maximum atomic E-state index is 13.0. The average Bonchev–Trinajstić information content (AvgIpc) is 2.69. The van der Waals surface area contributed by atoms with Gasteiger partial charge in [0.05, 0.1) is 7.11 Å². The Morgan fingerprint density at radius 1 is 1.50 bits per heavy atom. The fraction of sp³-hybridized carbons (Fsp3) is 0.0909. The molecule has 0 spiro atoms. The number of nitrogens with two attached hydrogens (primary N) is 1. The highest BCUT2D eigenvalue weighted by Crippen LogP contribution is 2.33. The number of carbonyl (C=O) groups excluding carboxylic acids is 1. The van der Waals surface area contributed by atoms with E-state index in [4.69, 9.17) is 10.5 Å². The number of thiazole rings is 1. The van der Waals surface area contributed by atoms with Crippen molar-refractivity contribution < 1.29 is 18.7 Å². The van der Waals surface area contributed by atoms with Crippen molar-refractivity contribution in [2.24, 2.45) is 0 Å². The highest BCUT2D eigenvalue weighted by atomic mass is 32.1. The number of anilines is 1. The fourth-order valence-electron chi connectivity index (χ4n) is 1.25. The first-order valence-corrected chi connectivity index (χ1v) is 5.70. The van der Waals surface area contributed by atoms with E-state index in [9.17, 15) is 9.18 Å². The summed E-state index contributed by atoms with van der Waals surface area (Å²) in [5.41, 5.74) is 5.48. The number of ether oxygens (including phenoxy) is 2. The molecule has 2 N–H and O–H groups in total. The number of methoxy groups -OCH3 is 1. The zero-order valence-electron chi connectivity index (χ0n) is 9.34. The summed E-state index contributed by atoms with van der Waals surface area (Å²) in [5.74, 6) is -0.845. The summed E-state index contributed by atoms with van der Waals surface area (Å²) in [6.07, 6.45) is 0. The second kappa shape index (κ2) is 5.01. The maximum absolute atomic E-state index is 13.0. The summed E-state index contributed by atoms with van der Waals surface area (Å²) in [5, 5.41) is 0.340. The molecule has 0 unspecified atom stereocenters. The monoisotopic (exact) mass is 268 g/mol. The lowest BCUT2D eigenvalue weighted by Crippen LogP contribution is -2.03. The molecule has 5 nitrogen and oxygen atoms in total. The number of nitrogen functional groups attached to an aromatic ring is 1. The Labute approximate surface area is 106 Å². The standard InChI is InChI=1S/C11H9FN2O3S/c1-16-9(15)8-10(18-11(13)14-8)17-7-4-2-3-6(12)5-7/h2-5H,1H3,(H2,13,14). The van der Waals surface area contributed by atoms with E-state index in [2.05, 4.69) is 9.72 Å². The molecule has 0 aliphatic carbocycles. The summed E-state index contributed by atoms with van der Waals surface area (Å²) in [6, 6.07) is 5.53. The van der Waals surface area contributed by atoms with Crippen molar-refractivity contribution in [2.45, 2.75) is 0 Å². The summed E-state index contributed by atoms with van der Waals surface area (Å²) in [6.45, 7) is 0. The summed E-state index contributed by atoms with van der Waals surface area (Å²) < 4.78 is 22.9. The predicted octanol–water partition coefficient (Wildman–Crippen LogP) is 2.44. The van der Waals surface area contributed by atoms with Crippen LogP contribution >= 0.6 is 11.3 Å². The van der Waals surface area contributed by atoms with Gasteiger partial charge in [0.15, 0.2) is 5.13 Å². The van der Waals surface area contributed by atoms with Crippen molar-refractivity contribution in [2.75, 3.05) is 12.8 Å². The molecule has 0 saturated carbocycles. The van der Waals surface area contributed by atoms with Crippen LogP contribution in [0.25, 0.3) is 0 Å². The number of hydrogen-bond donors (Lipinski definition) is 1. The Morgan fingerprint density at radius 2 is 2.28 bits per heavy atom. The van der Waals surface area contributed by atoms with Crippen molar-refractivity contribution >= 4 is 22.4 Å². The molecular weight excluding hydrogens is 259 g/mol. The Kier molecular flexibility index (Phi) is 3.42. The molecule has 18 heavy (non-hydrogen) atoms. The van der Waals surface area contributed by atoms with Gasteiger partial charge in [-0.25, -0.2) is 14.2 Å². The van der Waals surface area contributed by atoms with Gasteiger partial charge in [0.25, 0.3) is 0 Å². The number of aromatic nitrogens is 1. The molecule has 7 heteroatoms. The minimum atomic E-state index is -0.658. The zero-order valence-corrected chi connectivity index (χ0v) is 10.2. The quantitative estimate of drug-likeness (QED) is 0.865. The van der Waals surface area contributed by atoms with Crippen molar-refractivity contribution in [3.8, 4) is 10.8 Å². The molecular formula is C11H9FN2O3S. The van der Waals surface area contributed by atoms with Crippen LogP contribution in [0.1, 0.15) is 10.5 Å². The Morgan fingerprint density at radius 3 is 2.94 bits per heavy atom. The van der Waals surface area contributed by atoms with E-state index in [1.54, 1.807) is 6.07 Å². The first-order chi connectivity index (χ1) is 8.60. The van der Waals surface area contributed by atoms with Gasteiger partial charge in [-0.15, -0.1) is 0 Å². The van der Waals surface area contributed by atoms with Crippen molar-refractivity contribution in [3.63, 3.8) is 0 Å². The first-order valence-electron chi connectivity index (χ1n) is 4.88. The number of nitrogens with zero attached hydrogens (tertiary/aromatic N) is 1. The van der Waals surface area contributed by atoms with Crippen LogP contribution in [0.5, 0.6) is 10.8 Å². The third kappa shape index (κ3) is 2.57. The summed E-state index contributed by atoms with van der Waals surface area (Å²) in [4.78, 5) is 15.2. The highest BCUT2D eigenvalue weighted by molar-refractivity contribution is 7.17. The van der Waals surface area contributed by atoms with Gasteiger partial charge < -0.3 is 15.2 Å². The zero-order chi connectivity index (χ0) is 13.1. The lowest BCUT2D eigenvalue weighted by molar-refractivity contribution is 0.0592. The smallest absolute Gasteiger partial charge is 0.361 e. The van der Waals surface area contributed by atoms with E-state index < -0.39 is 11.8 Å². The van der Waals surface area contributed by atoms with Gasteiger partial charge >= 0.3 is 5.97 Å². The predicted molar refractivity (Wildman–Crippen MR) is 64.3 cm³/mol. The minimum Gasteiger partial charge on any atom is -0.464 e. The van der Waals surface area contributed by atoms with E-state index in [1.807, 2.05) is 0 Å². The molecule has 0 fully saturated rings. The molecule has 0 saturated heterocycles. The number of benzene rings is 1. The molecule has 0 aliphatic rings. The number of rotatable bonds is 3. The third-order valence-corrected chi connectivity index (χ3v) is 2.76. The molecule has 0 bridgehead atoms. The van der Waals surface area contributed by atoms with Gasteiger partial charge in [-0.1, -0.05) is 17.4 Å². The van der Waals surface area contributed by atoms with Crippen LogP contribution < -0.4 is 10.5 Å². The lowest BCUT2D eigenvalue weighted by Gasteiger charge is -2.03. The second-order valence-corrected chi connectivity index (χ2v) is 4.23. The van der Waals surface area contributed by atoms with Crippen LogP contribution in [0.15, 0.2) is 24.3 Å². The van der Waals surface area contributed by atoms with E-state index in [0.29, 0.717) is 0 Å². The molecule has 94 valence electrons. The Bertz CT molecular complexity index is 585. The number of esters is 1. The second-order valence-electron chi connectivity index (χ2n) is 3.24. The molecule has 1 heterocycles. The number of carbonyl (C=O) groups is 1. The van der Waals surface area contributed by atoms with Crippen molar-refractivity contribution in [1.82, 2.24) is 4.98 Å². The van der Waals surface area contributed by atoms with Crippen LogP contribution in [0.4, 0.5) is 9.52 Å². The molecule has 2 rings (SSSR count). The van der Waals surface area contributed by atoms with E-state index >= 15 is 0 Å². The normalized spacial score (nSPS) is 10.1. The van der Waals surface area contributed by atoms with Crippen LogP contribution in [0.3, 0.4) is 0 Å². The van der Waals surface area contributed by atoms with Crippen LogP contribution in [-0.2, 0) is 4.74 Å². The Hall–Kier alpha value is -2.15.